The molecule has 0 saturated heterocycles. The van der Waals surface area contributed by atoms with E-state index in [1.807, 2.05) is 74.3 Å². The summed E-state index contributed by atoms with van der Waals surface area (Å²) in [6.45, 7) is 14.6. The molecule has 5 aromatic rings. The molecule has 3 aromatic heterocycles. The number of hydrogen-bond donors (Lipinski definition) is 1. The van der Waals surface area contributed by atoms with Crippen molar-refractivity contribution in [3.8, 4) is 11.3 Å². The average Bonchev–Trinajstić information content (AvgIpc) is 3.75. The highest BCUT2D eigenvalue weighted by atomic mass is 32.1. The minimum atomic E-state index is -0.651. The minimum Gasteiger partial charge on any atom is -0.455 e. The van der Waals surface area contributed by atoms with Crippen molar-refractivity contribution in [2.24, 2.45) is 21.4 Å². The van der Waals surface area contributed by atoms with Crippen LogP contribution >= 0.6 is 11.3 Å². The van der Waals surface area contributed by atoms with Crippen molar-refractivity contribution in [3.63, 3.8) is 0 Å². The second kappa shape index (κ2) is 14.7. The fraction of sp³-hybridized carbons (Fsp3) is 0.500. The highest BCUT2D eigenvalue weighted by Crippen LogP contribution is 2.72. The third kappa shape index (κ3) is 7.76. The molecule has 3 unspecified atom stereocenters. The molecule has 3 atom stereocenters. The zero-order chi connectivity index (χ0) is 42.1. The summed E-state index contributed by atoms with van der Waals surface area (Å²) in [4.78, 5) is 41.6. The van der Waals surface area contributed by atoms with Crippen LogP contribution in [0, 0.1) is 23.2 Å². The van der Waals surface area contributed by atoms with E-state index in [2.05, 4.69) is 51.8 Å². The second-order valence-electron chi connectivity index (χ2n) is 19.7. The lowest BCUT2D eigenvalue weighted by molar-refractivity contribution is -0.247. The number of nitrogens with zero attached hydrogens (tertiary/aromatic N) is 8. The number of azide groups is 1. The Hall–Kier alpha value is -5.30. The molecule has 1 N–H and O–H groups in total. The van der Waals surface area contributed by atoms with Gasteiger partial charge >= 0.3 is 12.0 Å². The number of fused-ring (bicyclic) bond motifs is 2. The normalized spacial score (nSPS) is 26.8. The molecule has 60 heavy (non-hydrogen) atoms. The molecule has 2 aromatic carbocycles. The quantitative estimate of drug-likeness (QED) is 0.0482. The maximum atomic E-state index is 14.5. The van der Waals surface area contributed by atoms with Gasteiger partial charge in [-0.05, 0) is 136 Å². The first-order valence-electron chi connectivity index (χ1n) is 21.0. The summed E-state index contributed by atoms with van der Waals surface area (Å²) in [5, 5.41) is 12.5. The van der Waals surface area contributed by atoms with Gasteiger partial charge in [-0.3, -0.25) is 14.9 Å². The molecule has 4 heterocycles. The Balaban J connectivity index is 1.02. The Labute approximate surface area is 354 Å². The summed E-state index contributed by atoms with van der Waals surface area (Å²) < 4.78 is 15.5. The number of amides is 2. The molecule has 2 amide bonds. The van der Waals surface area contributed by atoms with Gasteiger partial charge in [0, 0.05) is 47.4 Å². The van der Waals surface area contributed by atoms with E-state index in [-0.39, 0.29) is 39.5 Å². The molecule has 14 heteroatoms. The molecule has 4 saturated carbocycles. The van der Waals surface area contributed by atoms with Gasteiger partial charge in [0.05, 0.1) is 34.3 Å². The number of hydrogen-bond acceptors (Lipinski definition) is 9. The van der Waals surface area contributed by atoms with Gasteiger partial charge < -0.3 is 9.47 Å². The molecule has 312 valence electrons. The number of thiazole rings is 1. The number of carbonyl (C=O) groups is 2. The summed E-state index contributed by atoms with van der Waals surface area (Å²) in [6.07, 6.45) is 9.29. The zero-order valence-corrected chi connectivity index (χ0v) is 36.1. The van der Waals surface area contributed by atoms with Gasteiger partial charge in [-0.25, -0.2) is 19.6 Å². The molecule has 13 nitrogen and oxygen atoms in total. The molecule has 0 radical (unpaired) electrons. The smallest absolute Gasteiger partial charge is 0.357 e. The van der Waals surface area contributed by atoms with Crippen LogP contribution in [0.15, 0.2) is 72.0 Å². The van der Waals surface area contributed by atoms with Crippen LogP contribution in [0.2, 0.25) is 0 Å². The van der Waals surface area contributed by atoms with E-state index >= 15 is 0 Å². The monoisotopic (exact) mass is 827 g/mol. The number of urea groups is 1. The average molecular weight is 828 g/mol. The fourth-order valence-corrected chi connectivity index (χ4v) is 13.0. The summed E-state index contributed by atoms with van der Waals surface area (Å²) >= 11 is 1.45. The molecule has 10 rings (SSSR count). The summed E-state index contributed by atoms with van der Waals surface area (Å²) in [5.74, 6) is -0.492. The van der Waals surface area contributed by atoms with Gasteiger partial charge in [0.25, 0.3) is 0 Å². The van der Waals surface area contributed by atoms with Gasteiger partial charge in [-0.1, -0.05) is 60.6 Å². The van der Waals surface area contributed by atoms with E-state index in [1.165, 1.54) is 17.8 Å². The third-order valence-corrected chi connectivity index (χ3v) is 14.0. The SMILES string of the molecule is Cc1c(C2Cc3ccc(-c4cccc(C(=O)OC(C)(C)C)n4)cc3N(C(=O)Nc3nc4ccccc4s3)C2)cnn1CC12CC3(C)CC(C)(C1)CC(OCCN=[N+]=[N-])(C3)C2. The Morgan fingerprint density at radius 1 is 1.00 bits per heavy atom. The molecular formula is C46H53N9O4S. The van der Waals surface area contributed by atoms with E-state index < -0.39 is 11.6 Å². The summed E-state index contributed by atoms with van der Waals surface area (Å²) in [7, 11) is 0. The molecular weight excluding hydrogens is 775 g/mol. The number of esters is 1. The van der Waals surface area contributed by atoms with Crippen LogP contribution < -0.4 is 10.2 Å². The van der Waals surface area contributed by atoms with Crippen molar-refractivity contribution in [3.05, 3.63) is 99.8 Å². The largest absolute Gasteiger partial charge is 0.455 e. The Bertz CT molecular complexity index is 2500. The van der Waals surface area contributed by atoms with E-state index in [1.54, 1.807) is 12.1 Å². The first kappa shape index (κ1) is 40.1. The fourth-order valence-electron chi connectivity index (χ4n) is 12.2. The van der Waals surface area contributed by atoms with Crippen LogP contribution in [0.5, 0.6) is 0 Å². The first-order chi connectivity index (χ1) is 28.5. The topological polar surface area (TPSA) is 160 Å². The van der Waals surface area contributed by atoms with E-state index in [9.17, 15) is 9.59 Å². The van der Waals surface area contributed by atoms with Crippen LogP contribution in [0.3, 0.4) is 0 Å². The van der Waals surface area contributed by atoms with Gasteiger partial charge in [0.1, 0.15) is 11.3 Å². The van der Waals surface area contributed by atoms with Crippen LogP contribution in [0.1, 0.15) is 106 Å². The van der Waals surface area contributed by atoms with E-state index in [0.717, 1.165) is 83.4 Å². The van der Waals surface area contributed by atoms with Crippen molar-refractivity contribution in [1.29, 1.82) is 0 Å². The number of ether oxygens (including phenoxy) is 2. The Kier molecular flexibility index (Phi) is 9.84. The van der Waals surface area contributed by atoms with Crippen molar-refractivity contribution >= 4 is 44.4 Å². The highest BCUT2D eigenvalue weighted by Gasteiger charge is 2.66. The Morgan fingerprint density at radius 3 is 2.53 bits per heavy atom. The predicted octanol–water partition coefficient (Wildman–Crippen LogP) is 10.6. The van der Waals surface area contributed by atoms with E-state index in [4.69, 9.17) is 25.1 Å². The molecule has 5 aliphatic rings. The van der Waals surface area contributed by atoms with Crippen LogP contribution in [0.4, 0.5) is 15.6 Å². The number of benzene rings is 2. The second-order valence-corrected chi connectivity index (χ2v) is 20.7. The number of pyridine rings is 1. The summed E-state index contributed by atoms with van der Waals surface area (Å²) in [6, 6.07) is 19.0. The molecule has 4 fully saturated rings. The zero-order valence-electron chi connectivity index (χ0n) is 35.3. The number of aromatic nitrogens is 4. The number of anilines is 2. The molecule has 4 aliphatic carbocycles. The lowest BCUT2D eigenvalue weighted by Crippen LogP contribution is -2.64. The van der Waals surface area contributed by atoms with Gasteiger partial charge in [-0.2, -0.15) is 5.10 Å². The number of rotatable bonds is 10. The summed E-state index contributed by atoms with van der Waals surface area (Å²) in [5.41, 5.74) is 14.9. The van der Waals surface area contributed by atoms with Gasteiger partial charge in [0.2, 0.25) is 0 Å². The number of carbonyl (C=O) groups excluding carboxylic acids is 2. The standard InChI is InChI=1S/C46H53N9O4S/c1-29-33(20-49-55(29)28-45-23-43(5)22-44(6,24-45)26-46(25-43,27-45)58-17-16-48-53-47)32-18-31-15-14-30(34-11-9-12-36(50-34)39(56)59-42(2,3)4)19-37(31)54(21-32)41(57)52-40-51-35-10-7-8-13-38(35)60-40/h7-15,19-20,32H,16-18,21-28H2,1-6H3,(H,51,52,57). The maximum absolute atomic E-state index is 14.5. The third-order valence-electron chi connectivity index (χ3n) is 13.0. The van der Waals surface area contributed by atoms with Crippen molar-refractivity contribution in [1.82, 2.24) is 19.7 Å². The van der Waals surface area contributed by atoms with Crippen molar-refractivity contribution in [2.75, 3.05) is 29.9 Å². The number of nitrogens with one attached hydrogen (secondary N) is 1. The predicted molar refractivity (Wildman–Crippen MR) is 233 cm³/mol. The van der Waals surface area contributed by atoms with Crippen molar-refractivity contribution < 1.29 is 19.1 Å². The van der Waals surface area contributed by atoms with E-state index in [0.29, 0.717) is 30.5 Å². The molecule has 1 aliphatic heterocycles. The van der Waals surface area contributed by atoms with Gasteiger partial charge in [0.15, 0.2) is 5.13 Å². The van der Waals surface area contributed by atoms with Crippen molar-refractivity contribution in [2.45, 2.75) is 110 Å². The first-order valence-corrected chi connectivity index (χ1v) is 21.8. The minimum absolute atomic E-state index is 0.00593. The molecule has 0 spiro atoms. The lowest BCUT2D eigenvalue weighted by atomic mass is 9.39. The lowest BCUT2D eigenvalue weighted by Gasteiger charge is -2.69. The van der Waals surface area contributed by atoms with Crippen LogP contribution in [-0.2, 0) is 22.4 Å². The van der Waals surface area contributed by atoms with Crippen LogP contribution in [-0.4, -0.2) is 62.6 Å². The van der Waals surface area contributed by atoms with Gasteiger partial charge in [-0.15, -0.1) is 0 Å². The highest BCUT2D eigenvalue weighted by molar-refractivity contribution is 7.22. The maximum Gasteiger partial charge on any atom is 0.357 e. The number of para-hydroxylation sites is 1. The Morgan fingerprint density at radius 2 is 1.78 bits per heavy atom. The molecule has 4 bridgehead atoms. The van der Waals surface area contributed by atoms with Crippen LogP contribution in [0.25, 0.3) is 31.9 Å².